The van der Waals surface area contributed by atoms with Crippen LogP contribution in [0.25, 0.3) is 10.1 Å². The topological polar surface area (TPSA) is 15.3 Å². The van der Waals surface area contributed by atoms with Gasteiger partial charge >= 0.3 is 0 Å². The third-order valence-corrected chi connectivity index (χ3v) is 5.14. The molecule has 2 aliphatic rings. The summed E-state index contributed by atoms with van der Waals surface area (Å²) in [6.07, 6.45) is 0. The van der Waals surface area contributed by atoms with Crippen LogP contribution in [0.2, 0.25) is 0 Å². The number of hydrogen-bond acceptors (Lipinski definition) is 3. The van der Waals surface area contributed by atoms with Crippen LogP contribution in [0, 0.1) is 11.8 Å². The van der Waals surface area contributed by atoms with E-state index in [4.69, 9.17) is 0 Å². The molecule has 0 spiro atoms. The first-order valence-corrected chi connectivity index (χ1v) is 7.22. The van der Waals surface area contributed by atoms with E-state index in [-0.39, 0.29) is 0 Å². The van der Waals surface area contributed by atoms with E-state index >= 15 is 0 Å². The number of nitrogens with one attached hydrogen (secondary N) is 1. The van der Waals surface area contributed by atoms with Crippen molar-refractivity contribution in [2.24, 2.45) is 11.8 Å². The molecule has 4 rings (SSSR count). The minimum Gasteiger partial charge on any atom is -0.370 e. The Morgan fingerprint density at radius 2 is 1.88 bits per heavy atom. The van der Waals surface area contributed by atoms with Crippen molar-refractivity contribution in [3.8, 4) is 0 Å². The highest BCUT2D eigenvalue weighted by molar-refractivity contribution is 7.17. The van der Waals surface area contributed by atoms with E-state index in [9.17, 15) is 0 Å². The number of benzene rings is 1. The van der Waals surface area contributed by atoms with Crippen molar-refractivity contribution in [3.63, 3.8) is 0 Å². The van der Waals surface area contributed by atoms with Crippen LogP contribution in [0.4, 0.5) is 5.69 Å². The standard InChI is InChI=1S/C14H16N2S/c1-2-4-14-12(3-1)13(9-17-14)16-7-10-5-15-6-11(10)8-16/h1-4,9-11,15H,5-8H2. The van der Waals surface area contributed by atoms with Crippen LogP contribution in [-0.4, -0.2) is 26.2 Å². The summed E-state index contributed by atoms with van der Waals surface area (Å²) in [4.78, 5) is 2.59. The van der Waals surface area contributed by atoms with E-state index in [0.29, 0.717) is 0 Å². The zero-order chi connectivity index (χ0) is 11.2. The average Bonchev–Trinajstić information content (AvgIpc) is 3.01. The molecule has 88 valence electrons. The fourth-order valence-corrected chi connectivity index (χ4v) is 4.23. The van der Waals surface area contributed by atoms with E-state index in [1.165, 1.54) is 42.0 Å². The summed E-state index contributed by atoms with van der Waals surface area (Å²) in [7, 11) is 0. The number of anilines is 1. The molecule has 2 saturated heterocycles. The van der Waals surface area contributed by atoms with Gasteiger partial charge < -0.3 is 10.2 Å². The van der Waals surface area contributed by atoms with Gasteiger partial charge in [-0.15, -0.1) is 11.3 Å². The van der Waals surface area contributed by atoms with Gasteiger partial charge in [0.1, 0.15) is 0 Å². The third kappa shape index (κ3) is 1.49. The van der Waals surface area contributed by atoms with Gasteiger partial charge in [0, 0.05) is 41.6 Å². The first-order chi connectivity index (χ1) is 8.42. The summed E-state index contributed by atoms with van der Waals surface area (Å²) in [6.45, 7) is 4.89. The van der Waals surface area contributed by atoms with Crippen LogP contribution in [0.15, 0.2) is 29.6 Å². The molecule has 2 nitrogen and oxygen atoms in total. The highest BCUT2D eigenvalue weighted by Gasteiger charge is 2.36. The van der Waals surface area contributed by atoms with Crippen molar-refractivity contribution in [2.45, 2.75) is 0 Å². The fourth-order valence-electron chi connectivity index (χ4n) is 3.26. The maximum Gasteiger partial charge on any atom is 0.0555 e. The molecule has 17 heavy (non-hydrogen) atoms. The van der Waals surface area contributed by atoms with Gasteiger partial charge in [-0.3, -0.25) is 0 Å². The molecule has 0 radical (unpaired) electrons. The molecule has 1 aromatic carbocycles. The molecule has 2 atom stereocenters. The lowest BCUT2D eigenvalue weighted by Crippen LogP contribution is -2.25. The Balaban J connectivity index is 1.71. The molecule has 0 aliphatic carbocycles. The Labute approximate surface area is 105 Å². The van der Waals surface area contributed by atoms with Crippen molar-refractivity contribution in [1.29, 1.82) is 0 Å². The summed E-state index contributed by atoms with van der Waals surface area (Å²) in [5.41, 5.74) is 1.46. The van der Waals surface area contributed by atoms with Gasteiger partial charge in [0.25, 0.3) is 0 Å². The lowest BCUT2D eigenvalue weighted by molar-refractivity contribution is 0.533. The second-order valence-electron chi connectivity index (χ2n) is 5.20. The number of fused-ring (bicyclic) bond motifs is 2. The predicted octanol–water partition coefficient (Wildman–Crippen LogP) is 2.56. The second kappa shape index (κ2) is 3.72. The summed E-state index contributed by atoms with van der Waals surface area (Å²) in [5, 5.41) is 7.27. The van der Waals surface area contributed by atoms with Gasteiger partial charge in [-0.1, -0.05) is 18.2 Å². The Morgan fingerprint density at radius 3 is 2.71 bits per heavy atom. The van der Waals surface area contributed by atoms with Crippen LogP contribution < -0.4 is 10.2 Å². The normalized spacial score (nSPS) is 27.9. The zero-order valence-electron chi connectivity index (χ0n) is 9.73. The highest BCUT2D eigenvalue weighted by atomic mass is 32.1. The van der Waals surface area contributed by atoms with Crippen LogP contribution in [-0.2, 0) is 0 Å². The monoisotopic (exact) mass is 244 g/mol. The first kappa shape index (κ1) is 9.92. The van der Waals surface area contributed by atoms with Crippen LogP contribution in [0.1, 0.15) is 0 Å². The number of thiophene rings is 1. The SMILES string of the molecule is c1ccc2c(N3CC4CNCC4C3)csc2c1. The minimum absolute atomic E-state index is 0.869. The Kier molecular flexibility index (Phi) is 2.17. The van der Waals surface area contributed by atoms with Crippen molar-refractivity contribution < 1.29 is 0 Å². The van der Waals surface area contributed by atoms with Gasteiger partial charge in [0.15, 0.2) is 0 Å². The second-order valence-corrected chi connectivity index (χ2v) is 6.11. The quantitative estimate of drug-likeness (QED) is 0.829. The molecule has 0 bridgehead atoms. The summed E-state index contributed by atoms with van der Waals surface area (Å²) in [6, 6.07) is 8.76. The molecule has 3 heterocycles. The summed E-state index contributed by atoms with van der Waals surface area (Å²) in [5.74, 6) is 1.74. The van der Waals surface area contributed by atoms with Crippen molar-refractivity contribution in [2.75, 3.05) is 31.1 Å². The van der Waals surface area contributed by atoms with Gasteiger partial charge in [0.05, 0.1) is 5.69 Å². The van der Waals surface area contributed by atoms with Crippen LogP contribution in [0.5, 0.6) is 0 Å². The minimum atomic E-state index is 0.869. The fraction of sp³-hybridized carbons (Fsp3) is 0.429. The van der Waals surface area contributed by atoms with Crippen LogP contribution >= 0.6 is 11.3 Å². The smallest absolute Gasteiger partial charge is 0.0555 e. The molecule has 3 heteroatoms. The van der Waals surface area contributed by atoms with Gasteiger partial charge in [-0.05, 0) is 17.9 Å². The number of rotatable bonds is 1. The molecule has 2 unspecified atom stereocenters. The lowest BCUT2D eigenvalue weighted by atomic mass is 10.0. The number of nitrogens with zero attached hydrogens (tertiary/aromatic N) is 1. The molecule has 2 aliphatic heterocycles. The van der Waals surface area contributed by atoms with E-state index in [0.717, 1.165) is 11.8 Å². The Hall–Kier alpha value is -1.06. The van der Waals surface area contributed by atoms with Gasteiger partial charge in [-0.25, -0.2) is 0 Å². The molecular weight excluding hydrogens is 228 g/mol. The molecule has 2 fully saturated rings. The Bertz CT molecular complexity index is 536. The molecule has 1 N–H and O–H groups in total. The third-order valence-electron chi connectivity index (χ3n) is 4.19. The zero-order valence-corrected chi connectivity index (χ0v) is 10.5. The predicted molar refractivity (Wildman–Crippen MR) is 73.9 cm³/mol. The molecule has 0 saturated carbocycles. The largest absolute Gasteiger partial charge is 0.370 e. The summed E-state index contributed by atoms with van der Waals surface area (Å²) >= 11 is 1.87. The summed E-state index contributed by atoms with van der Waals surface area (Å²) < 4.78 is 1.41. The molecule has 2 aromatic rings. The van der Waals surface area contributed by atoms with Crippen molar-refractivity contribution in [1.82, 2.24) is 5.32 Å². The van der Waals surface area contributed by atoms with Crippen LogP contribution in [0.3, 0.4) is 0 Å². The van der Waals surface area contributed by atoms with Gasteiger partial charge in [0.2, 0.25) is 0 Å². The first-order valence-electron chi connectivity index (χ1n) is 6.34. The highest BCUT2D eigenvalue weighted by Crippen LogP contribution is 2.37. The Morgan fingerprint density at radius 1 is 1.12 bits per heavy atom. The van der Waals surface area contributed by atoms with Crippen molar-refractivity contribution >= 4 is 27.1 Å². The maximum atomic E-state index is 3.50. The average molecular weight is 244 g/mol. The van der Waals surface area contributed by atoms with E-state index in [2.05, 4.69) is 39.9 Å². The molecular formula is C14H16N2S. The van der Waals surface area contributed by atoms with E-state index < -0.39 is 0 Å². The molecule has 0 amide bonds. The lowest BCUT2D eigenvalue weighted by Gasteiger charge is -2.18. The van der Waals surface area contributed by atoms with Crippen molar-refractivity contribution in [3.05, 3.63) is 29.6 Å². The van der Waals surface area contributed by atoms with E-state index in [1.54, 1.807) is 0 Å². The maximum absolute atomic E-state index is 3.50. The number of hydrogen-bond donors (Lipinski definition) is 1. The van der Waals surface area contributed by atoms with Gasteiger partial charge in [-0.2, -0.15) is 0 Å². The van der Waals surface area contributed by atoms with E-state index in [1.807, 2.05) is 11.3 Å². The molecule has 1 aromatic heterocycles.